The Hall–Kier alpha value is -1.51. The lowest BCUT2D eigenvalue weighted by Crippen LogP contribution is -2.41. The summed E-state index contributed by atoms with van der Waals surface area (Å²) in [4.78, 5) is 0. The second-order valence-corrected chi connectivity index (χ2v) is 5.99. The van der Waals surface area contributed by atoms with E-state index >= 15 is 0 Å². The molecule has 5 heteroatoms. The molecule has 0 bridgehead atoms. The standard InChI is InChI=1S/C15H20BNO3/c1-14(2)15(3,4)20-16(19-14)12-7-6-11(8-9-17)13(10-12)18-5/h6-7,10H,8H2,1-5H3. The molecule has 0 unspecified atom stereocenters. The molecule has 1 aromatic carbocycles. The van der Waals surface area contributed by atoms with Gasteiger partial charge in [0.1, 0.15) is 5.75 Å². The van der Waals surface area contributed by atoms with Crippen LogP contribution in [0.5, 0.6) is 5.75 Å². The minimum absolute atomic E-state index is 0.326. The summed E-state index contributed by atoms with van der Waals surface area (Å²) in [6.45, 7) is 8.09. The molecular weight excluding hydrogens is 253 g/mol. The van der Waals surface area contributed by atoms with Crippen LogP contribution in [0.2, 0.25) is 0 Å². The van der Waals surface area contributed by atoms with Crippen molar-refractivity contribution in [3.63, 3.8) is 0 Å². The van der Waals surface area contributed by atoms with Gasteiger partial charge in [0.25, 0.3) is 0 Å². The number of hydrogen-bond acceptors (Lipinski definition) is 4. The fraction of sp³-hybridized carbons (Fsp3) is 0.533. The van der Waals surface area contributed by atoms with Crippen LogP contribution in [0.25, 0.3) is 0 Å². The zero-order valence-corrected chi connectivity index (χ0v) is 12.7. The Morgan fingerprint density at radius 3 is 2.30 bits per heavy atom. The first-order valence-corrected chi connectivity index (χ1v) is 6.70. The van der Waals surface area contributed by atoms with E-state index in [9.17, 15) is 0 Å². The highest BCUT2D eigenvalue weighted by atomic mass is 16.7. The highest BCUT2D eigenvalue weighted by Crippen LogP contribution is 2.36. The van der Waals surface area contributed by atoms with Crippen molar-refractivity contribution in [2.45, 2.75) is 45.3 Å². The maximum absolute atomic E-state index is 8.80. The van der Waals surface area contributed by atoms with Crippen molar-refractivity contribution < 1.29 is 14.0 Å². The fourth-order valence-corrected chi connectivity index (χ4v) is 2.12. The normalized spacial score (nSPS) is 19.7. The molecule has 0 aliphatic carbocycles. The molecule has 0 aromatic heterocycles. The van der Waals surface area contributed by atoms with Gasteiger partial charge < -0.3 is 14.0 Å². The summed E-state index contributed by atoms with van der Waals surface area (Å²) in [6.07, 6.45) is 0.326. The number of rotatable bonds is 3. The molecule has 0 atom stereocenters. The molecular formula is C15H20BNO3. The van der Waals surface area contributed by atoms with Crippen molar-refractivity contribution in [3.8, 4) is 11.8 Å². The lowest BCUT2D eigenvalue weighted by Gasteiger charge is -2.32. The van der Waals surface area contributed by atoms with E-state index < -0.39 is 7.12 Å². The third kappa shape index (κ3) is 2.54. The van der Waals surface area contributed by atoms with E-state index in [0.29, 0.717) is 12.2 Å². The second-order valence-electron chi connectivity index (χ2n) is 5.99. The van der Waals surface area contributed by atoms with Gasteiger partial charge in [0.2, 0.25) is 0 Å². The van der Waals surface area contributed by atoms with Gasteiger partial charge >= 0.3 is 7.12 Å². The Labute approximate surface area is 120 Å². The van der Waals surface area contributed by atoms with Gasteiger partial charge in [-0.1, -0.05) is 12.1 Å². The average Bonchev–Trinajstić information content (AvgIpc) is 2.59. The van der Waals surface area contributed by atoms with Crippen molar-refractivity contribution in [1.29, 1.82) is 5.26 Å². The number of nitriles is 1. The summed E-state index contributed by atoms with van der Waals surface area (Å²) in [7, 11) is 1.19. The lowest BCUT2D eigenvalue weighted by molar-refractivity contribution is 0.00578. The number of hydrogen-bond donors (Lipinski definition) is 0. The molecule has 1 aliphatic rings. The topological polar surface area (TPSA) is 51.5 Å². The molecule has 2 rings (SSSR count). The second kappa shape index (κ2) is 5.12. The number of nitrogens with zero attached hydrogens (tertiary/aromatic N) is 1. The molecule has 1 aromatic rings. The predicted molar refractivity (Wildman–Crippen MR) is 78.0 cm³/mol. The smallest absolute Gasteiger partial charge is 0.494 e. The average molecular weight is 273 g/mol. The highest BCUT2D eigenvalue weighted by molar-refractivity contribution is 6.62. The maximum Gasteiger partial charge on any atom is 0.494 e. The monoisotopic (exact) mass is 273 g/mol. The van der Waals surface area contributed by atoms with Crippen LogP contribution >= 0.6 is 0 Å². The van der Waals surface area contributed by atoms with Crippen LogP contribution in [0.4, 0.5) is 0 Å². The largest absolute Gasteiger partial charge is 0.496 e. The Morgan fingerprint density at radius 2 is 1.80 bits per heavy atom. The zero-order valence-electron chi connectivity index (χ0n) is 12.7. The predicted octanol–water partition coefficient (Wildman–Crippen LogP) is 2.06. The molecule has 0 radical (unpaired) electrons. The summed E-state index contributed by atoms with van der Waals surface area (Å²) in [5, 5.41) is 8.80. The molecule has 1 fully saturated rings. The summed E-state index contributed by atoms with van der Waals surface area (Å²) in [5.41, 5.74) is 1.05. The summed E-state index contributed by atoms with van der Waals surface area (Å²) in [5.74, 6) is 0.693. The van der Waals surface area contributed by atoms with E-state index in [1.807, 2.05) is 45.9 Å². The van der Waals surface area contributed by atoms with Crippen LogP contribution in [-0.4, -0.2) is 25.4 Å². The zero-order chi connectivity index (χ0) is 15.0. The van der Waals surface area contributed by atoms with E-state index in [1.54, 1.807) is 7.11 Å². The minimum atomic E-state index is -0.412. The van der Waals surface area contributed by atoms with Crippen molar-refractivity contribution in [2.24, 2.45) is 0 Å². The van der Waals surface area contributed by atoms with Crippen LogP contribution in [0.3, 0.4) is 0 Å². The lowest BCUT2D eigenvalue weighted by atomic mass is 9.78. The number of benzene rings is 1. The first-order chi connectivity index (χ1) is 9.30. The van der Waals surface area contributed by atoms with Crippen LogP contribution in [-0.2, 0) is 15.7 Å². The Bertz CT molecular complexity index is 533. The third-order valence-electron chi connectivity index (χ3n) is 4.11. The third-order valence-corrected chi connectivity index (χ3v) is 4.11. The van der Waals surface area contributed by atoms with E-state index in [-0.39, 0.29) is 11.2 Å². The Balaban J connectivity index is 2.30. The van der Waals surface area contributed by atoms with Crippen molar-refractivity contribution >= 4 is 12.6 Å². The highest BCUT2D eigenvalue weighted by Gasteiger charge is 2.51. The SMILES string of the molecule is COc1cc(B2OC(C)(C)C(C)(C)O2)ccc1CC#N. The van der Waals surface area contributed by atoms with Gasteiger partial charge in [-0.3, -0.25) is 0 Å². The van der Waals surface area contributed by atoms with E-state index in [1.165, 1.54) is 0 Å². The van der Waals surface area contributed by atoms with Gasteiger partial charge in [-0.2, -0.15) is 5.26 Å². The van der Waals surface area contributed by atoms with Gasteiger partial charge in [-0.05, 0) is 39.2 Å². The molecule has 0 saturated carbocycles. The van der Waals surface area contributed by atoms with Crippen molar-refractivity contribution in [3.05, 3.63) is 23.8 Å². The van der Waals surface area contributed by atoms with E-state index in [2.05, 4.69) is 6.07 Å². The van der Waals surface area contributed by atoms with E-state index in [0.717, 1.165) is 11.0 Å². The molecule has 1 aliphatic heterocycles. The molecule has 0 amide bonds. The molecule has 1 heterocycles. The summed E-state index contributed by atoms with van der Waals surface area (Å²) < 4.78 is 17.4. The van der Waals surface area contributed by atoms with Gasteiger partial charge in [0, 0.05) is 5.56 Å². The fourth-order valence-electron chi connectivity index (χ4n) is 2.12. The van der Waals surface area contributed by atoms with Gasteiger partial charge in [0.05, 0.1) is 30.8 Å². The summed E-state index contributed by atoms with van der Waals surface area (Å²) in [6, 6.07) is 7.83. The van der Waals surface area contributed by atoms with Crippen LogP contribution < -0.4 is 10.2 Å². The number of ether oxygens (including phenoxy) is 1. The molecule has 0 spiro atoms. The molecule has 20 heavy (non-hydrogen) atoms. The number of methoxy groups -OCH3 is 1. The molecule has 106 valence electrons. The van der Waals surface area contributed by atoms with Crippen LogP contribution in [0.15, 0.2) is 18.2 Å². The van der Waals surface area contributed by atoms with E-state index in [4.69, 9.17) is 19.3 Å². The minimum Gasteiger partial charge on any atom is -0.496 e. The Morgan fingerprint density at radius 1 is 1.20 bits per heavy atom. The molecule has 4 nitrogen and oxygen atoms in total. The van der Waals surface area contributed by atoms with Crippen molar-refractivity contribution in [1.82, 2.24) is 0 Å². The van der Waals surface area contributed by atoms with Crippen LogP contribution in [0, 0.1) is 11.3 Å². The Kier molecular flexibility index (Phi) is 3.81. The van der Waals surface area contributed by atoms with Gasteiger partial charge in [-0.25, -0.2) is 0 Å². The summed E-state index contributed by atoms with van der Waals surface area (Å²) >= 11 is 0. The molecule has 0 N–H and O–H groups in total. The molecule has 1 saturated heterocycles. The first-order valence-electron chi connectivity index (χ1n) is 6.70. The quantitative estimate of drug-likeness (QED) is 0.791. The first kappa shape index (κ1) is 14.9. The maximum atomic E-state index is 8.80. The van der Waals surface area contributed by atoms with Gasteiger partial charge in [0.15, 0.2) is 0 Å². The van der Waals surface area contributed by atoms with Crippen LogP contribution in [0.1, 0.15) is 33.3 Å². The van der Waals surface area contributed by atoms with Crippen molar-refractivity contribution in [2.75, 3.05) is 7.11 Å². The van der Waals surface area contributed by atoms with Gasteiger partial charge in [-0.15, -0.1) is 0 Å².